The van der Waals surface area contributed by atoms with Gasteiger partial charge >= 0.3 is 6.09 Å². The van der Waals surface area contributed by atoms with Crippen LogP contribution in [0.25, 0.3) is 5.57 Å². The number of hydrogen-bond acceptors (Lipinski definition) is 5. The normalized spacial score (nSPS) is 16.9. The third-order valence-corrected chi connectivity index (χ3v) is 4.20. The Morgan fingerprint density at radius 3 is 2.62 bits per heavy atom. The summed E-state index contributed by atoms with van der Waals surface area (Å²) in [7, 11) is 0. The Kier molecular flexibility index (Phi) is 7.72. The van der Waals surface area contributed by atoms with Crippen molar-refractivity contribution in [3.8, 4) is 0 Å². The minimum atomic E-state index is -0.214. The lowest BCUT2D eigenvalue weighted by atomic mass is 10.2. The van der Waals surface area contributed by atoms with Gasteiger partial charge in [0.1, 0.15) is 6.61 Å². The summed E-state index contributed by atoms with van der Waals surface area (Å²) in [4.78, 5) is 15.9. The summed E-state index contributed by atoms with van der Waals surface area (Å²) in [6, 6.07) is 1.94. The first kappa shape index (κ1) is 20.0. The van der Waals surface area contributed by atoms with E-state index in [0.717, 1.165) is 36.7 Å². The average molecular weight is 362 g/mol. The van der Waals surface area contributed by atoms with Gasteiger partial charge in [-0.2, -0.15) is 5.10 Å². The second kappa shape index (κ2) is 10.0. The molecule has 1 aromatic rings. The predicted molar refractivity (Wildman–Crippen MR) is 102 cm³/mol. The minimum Gasteiger partial charge on any atom is -0.497 e. The van der Waals surface area contributed by atoms with Gasteiger partial charge in [-0.25, -0.2) is 4.79 Å². The number of H-pyrrole nitrogens is 1. The second-order valence-electron chi connectivity index (χ2n) is 6.71. The van der Waals surface area contributed by atoms with Crippen molar-refractivity contribution in [3.05, 3.63) is 35.9 Å². The monoisotopic (exact) mass is 362 g/mol. The van der Waals surface area contributed by atoms with Gasteiger partial charge in [-0.15, -0.1) is 0 Å². The molecule has 0 spiro atoms. The van der Waals surface area contributed by atoms with E-state index >= 15 is 0 Å². The molecule has 0 aliphatic carbocycles. The fraction of sp³-hybridized carbons (Fsp3) is 0.579. The van der Waals surface area contributed by atoms with E-state index in [1.807, 2.05) is 45.9 Å². The highest BCUT2D eigenvalue weighted by atomic mass is 16.6. The molecule has 26 heavy (non-hydrogen) atoms. The van der Waals surface area contributed by atoms with Gasteiger partial charge in [-0.05, 0) is 45.4 Å². The lowest BCUT2D eigenvalue weighted by molar-refractivity contribution is 0.0525. The van der Waals surface area contributed by atoms with E-state index in [0.29, 0.717) is 19.7 Å². The summed E-state index contributed by atoms with van der Waals surface area (Å²) in [5.41, 5.74) is 2.11. The summed E-state index contributed by atoms with van der Waals surface area (Å²) in [6.45, 7) is 12.3. The molecule has 0 saturated carbocycles. The summed E-state index contributed by atoms with van der Waals surface area (Å²) >= 11 is 0. The maximum Gasteiger partial charge on any atom is 0.410 e. The third kappa shape index (κ3) is 6.55. The quantitative estimate of drug-likeness (QED) is 0.596. The van der Waals surface area contributed by atoms with Crippen LogP contribution in [-0.4, -0.2) is 71.5 Å². The van der Waals surface area contributed by atoms with Crippen LogP contribution in [0, 0.1) is 0 Å². The highest BCUT2D eigenvalue weighted by Crippen LogP contribution is 2.10. The third-order valence-electron chi connectivity index (χ3n) is 4.20. The Morgan fingerprint density at radius 2 is 2.00 bits per heavy atom. The summed E-state index contributed by atoms with van der Waals surface area (Å²) in [6.07, 6.45) is 5.43. The topological polar surface area (TPSA) is 70.7 Å². The molecule has 1 fully saturated rings. The number of ether oxygens (including phenoxy) is 2. The maximum atomic E-state index is 11.9. The Bertz CT molecular complexity index is 615. The fourth-order valence-corrected chi connectivity index (χ4v) is 2.62. The number of hydrogen-bond donors (Lipinski definition) is 1. The van der Waals surface area contributed by atoms with E-state index in [1.165, 1.54) is 0 Å². The van der Waals surface area contributed by atoms with Crippen molar-refractivity contribution in [1.29, 1.82) is 0 Å². The zero-order valence-electron chi connectivity index (χ0n) is 16.2. The molecule has 1 saturated heterocycles. The number of amides is 1. The van der Waals surface area contributed by atoms with Gasteiger partial charge < -0.3 is 14.4 Å². The number of nitrogens with zero attached hydrogens (tertiary/aromatic N) is 3. The molecule has 1 aliphatic rings. The fourth-order valence-electron chi connectivity index (χ4n) is 2.62. The van der Waals surface area contributed by atoms with Crippen LogP contribution in [0.3, 0.4) is 0 Å². The number of piperazine rings is 1. The van der Waals surface area contributed by atoms with Crippen molar-refractivity contribution >= 4 is 11.7 Å². The van der Waals surface area contributed by atoms with E-state index in [9.17, 15) is 4.79 Å². The molecular weight excluding hydrogens is 332 g/mol. The molecule has 7 nitrogen and oxygen atoms in total. The molecule has 2 heterocycles. The molecule has 1 N–H and O–H groups in total. The largest absolute Gasteiger partial charge is 0.497 e. The predicted octanol–water partition coefficient (Wildman–Crippen LogP) is 2.90. The van der Waals surface area contributed by atoms with Gasteiger partial charge in [0.15, 0.2) is 0 Å². The van der Waals surface area contributed by atoms with Crippen molar-refractivity contribution in [3.63, 3.8) is 0 Å². The Morgan fingerprint density at radius 1 is 1.27 bits per heavy atom. The summed E-state index contributed by atoms with van der Waals surface area (Å²) < 4.78 is 11.0. The Labute approximate surface area is 155 Å². The molecule has 0 atom stereocenters. The van der Waals surface area contributed by atoms with Crippen molar-refractivity contribution in [1.82, 2.24) is 20.0 Å². The van der Waals surface area contributed by atoms with Gasteiger partial charge in [0.2, 0.25) is 0 Å². The molecular formula is C19H30N4O3. The van der Waals surface area contributed by atoms with Crippen LogP contribution in [0.1, 0.15) is 33.4 Å². The highest BCUT2D eigenvalue weighted by Gasteiger charge is 2.22. The number of carbonyl (C=O) groups is 1. The number of allylic oxidation sites excluding steroid dienone is 4. The first-order valence-electron chi connectivity index (χ1n) is 9.11. The SMILES string of the molecule is C/C(=C\C=C(/C)c1ccn[nH]1)OCCN1CCN(C(=O)OC(C)C)CC1. The first-order chi connectivity index (χ1) is 12.5. The molecule has 144 valence electrons. The molecule has 1 aliphatic heterocycles. The van der Waals surface area contributed by atoms with Crippen molar-refractivity contribution in [2.24, 2.45) is 0 Å². The highest BCUT2D eigenvalue weighted by molar-refractivity contribution is 5.67. The number of nitrogens with one attached hydrogen (secondary N) is 1. The number of carbonyl (C=O) groups excluding carboxylic acids is 1. The maximum absolute atomic E-state index is 11.9. The minimum absolute atomic E-state index is 0.0744. The molecule has 7 heteroatoms. The van der Waals surface area contributed by atoms with Crippen LogP contribution in [0.2, 0.25) is 0 Å². The van der Waals surface area contributed by atoms with Gasteiger partial charge in [0.25, 0.3) is 0 Å². The lowest BCUT2D eigenvalue weighted by Crippen LogP contribution is -2.49. The second-order valence-corrected chi connectivity index (χ2v) is 6.71. The van der Waals surface area contributed by atoms with Crippen molar-refractivity contribution < 1.29 is 14.3 Å². The number of rotatable bonds is 7. The zero-order valence-corrected chi connectivity index (χ0v) is 16.2. The standard InChI is InChI=1S/C19H30N4O3/c1-15(2)26-19(24)23-11-9-22(10-12-23)13-14-25-17(4)6-5-16(3)18-7-8-20-21-18/h5-8,15H,9-14H2,1-4H3,(H,20,21)/b16-5+,17-6+. The van der Waals surface area contributed by atoms with Crippen LogP contribution in [0.15, 0.2) is 30.2 Å². The molecule has 0 radical (unpaired) electrons. The first-order valence-corrected chi connectivity index (χ1v) is 9.11. The molecule has 0 unspecified atom stereocenters. The van der Waals surface area contributed by atoms with Crippen LogP contribution in [0.4, 0.5) is 4.79 Å². The smallest absolute Gasteiger partial charge is 0.410 e. The lowest BCUT2D eigenvalue weighted by Gasteiger charge is -2.34. The number of aromatic amines is 1. The Hall–Kier alpha value is -2.28. The van der Waals surface area contributed by atoms with Crippen LogP contribution >= 0.6 is 0 Å². The summed E-state index contributed by atoms with van der Waals surface area (Å²) in [5.74, 6) is 0.878. The van der Waals surface area contributed by atoms with Crippen molar-refractivity contribution in [2.75, 3.05) is 39.3 Å². The van der Waals surface area contributed by atoms with E-state index in [4.69, 9.17) is 9.47 Å². The Balaban J connectivity index is 1.66. The van der Waals surface area contributed by atoms with E-state index in [1.54, 1.807) is 11.1 Å². The van der Waals surface area contributed by atoms with Gasteiger partial charge in [0.05, 0.1) is 17.6 Å². The van der Waals surface area contributed by atoms with Crippen LogP contribution < -0.4 is 0 Å². The molecule has 0 aromatic carbocycles. The van der Waals surface area contributed by atoms with E-state index in [2.05, 4.69) is 15.1 Å². The molecule has 2 rings (SSSR count). The molecule has 1 aromatic heterocycles. The van der Waals surface area contributed by atoms with Crippen molar-refractivity contribution in [2.45, 2.75) is 33.8 Å². The number of aromatic nitrogens is 2. The summed E-state index contributed by atoms with van der Waals surface area (Å²) in [5, 5.41) is 6.88. The van der Waals surface area contributed by atoms with E-state index in [-0.39, 0.29) is 12.2 Å². The van der Waals surface area contributed by atoms with Crippen LogP contribution in [-0.2, 0) is 9.47 Å². The van der Waals surface area contributed by atoms with Gasteiger partial charge in [-0.1, -0.05) is 6.08 Å². The van der Waals surface area contributed by atoms with Gasteiger partial charge in [-0.3, -0.25) is 10.00 Å². The van der Waals surface area contributed by atoms with E-state index < -0.39 is 0 Å². The average Bonchev–Trinajstić information content (AvgIpc) is 3.14. The van der Waals surface area contributed by atoms with Crippen LogP contribution in [0.5, 0.6) is 0 Å². The molecule has 0 bridgehead atoms. The molecule has 1 amide bonds. The van der Waals surface area contributed by atoms with Gasteiger partial charge in [0, 0.05) is 38.9 Å². The zero-order chi connectivity index (χ0) is 18.9.